The fourth-order valence-corrected chi connectivity index (χ4v) is 2.59. The van der Waals surface area contributed by atoms with E-state index in [4.69, 9.17) is 9.88 Å². The van der Waals surface area contributed by atoms with Gasteiger partial charge in [-0.1, -0.05) is 4.49 Å². The summed E-state index contributed by atoms with van der Waals surface area (Å²) in [6.07, 6.45) is 0. The summed E-state index contributed by atoms with van der Waals surface area (Å²) in [4.78, 5) is 11.6. The van der Waals surface area contributed by atoms with Crippen molar-refractivity contribution >= 4 is 33.2 Å². The molecule has 0 unspecified atom stereocenters. The molecule has 0 saturated heterocycles. The Kier molecular flexibility index (Phi) is 3.97. The molecular weight excluding hydrogens is 304 g/mol. The first kappa shape index (κ1) is 14.4. The number of carbonyl (C=O) groups excluding carboxylic acids is 1. The third-order valence-electron chi connectivity index (χ3n) is 2.32. The topological polar surface area (TPSA) is 124 Å². The molecule has 0 radical (unpaired) electrons. The smallest absolute Gasteiger partial charge is 0.277 e. The van der Waals surface area contributed by atoms with Crippen molar-refractivity contribution in [2.45, 2.75) is 4.90 Å². The lowest BCUT2D eigenvalue weighted by Crippen LogP contribution is -2.16. The van der Waals surface area contributed by atoms with E-state index >= 15 is 0 Å². The molecule has 0 atom stereocenters. The van der Waals surface area contributed by atoms with E-state index in [2.05, 4.69) is 14.9 Å². The van der Waals surface area contributed by atoms with Gasteiger partial charge < -0.3 is 10.1 Å². The summed E-state index contributed by atoms with van der Waals surface area (Å²) in [5.74, 6) is -0.398. The number of sulfonamides is 1. The minimum absolute atomic E-state index is 0.0980. The van der Waals surface area contributed by atoms with Gasteiger partial charge in [-0.05, 0) is 29.7 Å². The average molecular weight is 314 g/mol. The molecule has 0 fully saturated rings. The number of ether oxygens (including phenoxy) is 1. The van der Waals surface area contributed by atoms with E-state index in [1.54, 1.807) is 0 Å². The van der Waals surface area contributed by atoms with Gasteiger partial charge in [0, 0.05) is 11.1 Å². The predicted molar refractivity (Wildman–Crippen MR) is 72.2 cm³/mol. The molecule has 20 heavy (non-hydrogen) atoms. The number of anilines is 1. The zero-order valence-electron chi connectivity index (χ0n) is 10.2. The fraction of sp³-hybridized carbons (Fsp3) is 0.100. The third-order valence-corrected chi connectivity index (χ3v) is 3.76. The number of aromatic nitrogens is 2. The lowest BCUT2D eigenvalue weighted by Gasteiger charge is -2.09. The summed E-state index contributed by atoms with van der Waals surface area (Å²) < 4.78 is 31.4. The second-order valence-electron chi connectivity index (χ2n) is 3.65. The maximum absolute atomic E-state index is 11.8. The fourth-order valence-electron chi connectivity index (χ4n) is 1.44. The van der Waals surface area contributed by atoms with Gasteiger partial charge in [0.2, 0.25) is 10.0 Å². The van der Waals surface area contributed by atoms with Gasteiger partial charge in [0.1, 0.15) is 10.6 Å². The van der Waals surface area contributed by atoms with Crippen molar-refractivity contribution in [3.05, 3.63) is 29.3 Å². The van der Waals surface area contributed by atoms with E-state index < -0.39 is 15.9 Å². The summed E-state index contributed by atoms with van der Waals surface area (Å²) >= 11 is 1.03. The number of carbonyl (C=O) groups is 1. The Labute approximate surface area is 118 Å². The largest absolute Gasteiger partial charge is 0.495 e. The van der Waals surface area contributed by atoms with Crippen molar-refractivity contribution in [2.24, 2.45) is 5.14 Å². The van der Waals surface area contributed by atoms with Crippen LogP contribution < -0.4 is 15.2 Å². The highest BCUT2D eigenvalue weighted by Gasteiger charge is 2.17. The van der Waals surface area contributed by atoms with Gasteiger partial charge in [-0.15, -0.1) is 5.10 Å². The summed E-state index contributed by atoms with van der Waals surface area (Å²) in [5.41, 5.74) is 0.399. The SMILES string of the molecule is COc1ccc(NC(=O)c2csnn2)cc1S(N)(=O)=O. The Balaban J connectivity index is 2.33. The molecule has 0 spiro atoms. The molecule has 1 aromatic carbocycles. The second kappa shape index (κ2) is 5.53. The van der Waals surface area contributed by atoms with E-state index in [9.17, 15) is 13.2 Å². The van der Waals surface area contributed by atoms with Gasteiger partial charge >= 0.3 is 0 Å². The summed E-state index contributed by atoms with van der Waals surface area (Å²) in [5, 5.41) is 12.7. The molecule has 2 rings (SSSR count). The molecule has 1 heterocycles. The lowest BCUT2D eigenvalue weighted by molar-refractivity contribution is 0.102. The van der Waals surface area contributed by atoms with Crippen molar-refractivity contribution in [2.75, 3.05) is 12.4 Å². The van der Waals surface area contributed by atoms with Crippen LogP contribution >= 0.6 is 11.5 Å². The zero-order chi connectivity index (χ0) is 14.8. The maximum Gasteiger partial charge on any atom is 0.277 e. The van der Waals surface area contributed by atoms with E-state index in [1.807, 2.05) is 0 Å². The van der Waals surface area contributed by atoms with Crippen LogP contribution in [0.25, 0.3) is 0 Å². The molecule has 8 nitrogen and oxygen atoms in total. The number of hydrogen-bond acceptors (Lipinski definition) is 7. The first-order chi connectivity index (χ1) is 9.41. The molecule has 0 bridgehead atoms. The molecule has 1 aromatic heterocycles. The van der Waals surface area contributed by atoms with Crippen LogP contribution in [0, 0.1) is 0 Å². The maximum atomic E-state index is 11.8. The quantitative estimate of drug-likeness (QED) is 0.844. The summed E-state index contributed by atoms with van der Waals surface area (Å²) in [6.45, 7) is 0. The number of methoxy groups -OCH3 is 1. The minimum Gasteiger partial charge on any atom is -0.495 e. The molecule has 0 aliphatic rings. The normalized spacial score (nSPS) is 11.1. The van der Waals surface area contributed by atoms with E-state index in [1.165, 1.54) is 30.7 Å². The Morgan fingerprint density at radius 2 is 2.20 bits per heavy atom. The van der Waals surface area contributed by atoms with Crippen LogP contribution in [0.4, 0.5) is 5.69 Å². The first-order valence-electron chi connectivity index (χ1n) is 5.21. The number of benzene rings is 1. The van der Waals surface area contributed by atoms with Crippen LogP contribution in [-0.2, 0) is 10.0 Å². The molecule has 10 heteroatoms. The molecule has 1 amide bonds. The van der Waals surface area contributed by atoms with Crippen LogP contribution in [0.3, 0.4) is 0 Å². The van der Waals surface area contributed by atoms with Crippen molar-refractivity contribution in [3.63, 3.8) is 0 Å². The molecular formula is C10H10N4O4S2. The molecule has 0 saturated carbocycles. The van der Waals surface area contributed by atoms with Gasteiger partial charge in [0.15, 0.2) is 5.69 Å². The van der Waals surface area contributed by atoms with Gasteiger partial charge in [0.25, 0.3) is 5.91 Å². The standard InChI is InChI=1S/C10H10N4O4S2/c1-18-8-3-2-6(4-9(8)20(11,16)17)12-10(15)7-5-19-14-13-7/h2-5H,1H3,(H,12,15)(H2,11,16,17). The first-order valence-corrected chi connectivity index (χ1v) is 7.59. The van der Waals surface area contributed by atoms with Gasteiger partial charge in [-0.3, -0.25) is 4.79 Å². The van der Waals surface area contributed by atoms with Crippen LogP contribution in [0.5, 0.6) is 5.75 Å². The Morgan fingerprint density at radius 1 is 1.45 bits per heavy atom. The number of nitrogens with zero attached hydrogens (tertiary/aromatic N) is 2. The number of rotatable bonds is 4. The molecule has 106 valence electrons. The van der Waals surface area contributed by atoms with Crippen molar-refractivity contribution in [3.8, 4) is 5.75 Å². The van der Waals surface area contributed by atoms with Gasteiger partial charge in [0.05, 0.1) is 7.11 Å². The molecule has 0 aliphatic carbocycles. The highest BCUT2D eigenvalue weighted by molar-refractivity contribution is 7.89. The molecule has 0 aliphatic heterocycles. The Bertz CT molecular complexity index is 728. The lowest BCUT2D eigenvalue weighted by atomic mass is 10.3. The molecule has 3 N–H and O–H groups in total. The highest BCUT2D eigenvalue weighted by atomic mass is 32.2. The van der Waals surface area contributed by atoms with Crippen molar-refractivity contribution in [1.29, 1.82) is 0 Å². The van der Waals surface area contributed by atoms with Crippen LogP contribution in [0.2, 0.25) is 0 Å². The third kappa shape index (κ3) is 3.10. The average Bonchev–Trinajstić information content (AvgIpc) is 2.91. The summed E-state index contributed by atoms with van der Waals surface area (Å²) in [7, 11) is -2.64. The van der Waals surface area contributed by atoms with Crippen LogP contribution in [0.1, 0.15) is 10.5 Å². The van der Waals surface area contributed by atoms with E-state index in [-0.39, 0.29) is 22.0 Å². The summed E-state index contributed by atoms with van der Waals surface area (Å²) in [6, 6.07) is 4.10. The predicted octanol–water partition coefficient (Wildman–Crippen LogP) is 0.446. The highest BCUT2D eigenvalue weighted by Crippen LogP contribution is 2.26. The second-order valence-corrected chi connectivity index (χ2v) is 5.79. The molecule has 2 aromatic rings. The van der Waals surface area contributed by atoms with Crippen LogP contribution in [-0.4, -0.2) is 31.0 Å². The van der Waals surface area contributed by atoms with Crippen molar-refractivity contribution < 1.29 is 17.9 Å². The van der Waals surface area contributed by atoms with E-state index in [0.717, 1.165) is 11.5 Å². The Morgan fingerprint density at radius 3 is 2.75 bits per heavy atom. The Hall–Kier alpha value is -2.04. The number of amides is 1. The zero-order valence-corrected chi connectivity index (χ0v) is 11.9. The minimum atomic E-state index is -3.96. The number of nitrogens with one attached hydrogen (secondary N) is 1. The van der Waals surface area contributed by atoms with E-state index in [0.29, 0.717) is 0 Å². The monoisotopic (exact) mass is 314 g/mol. The number of hydrogen-bond donors (Lipinski definition) is 2. The van der Waals surface area contributed by atoms with Gasteiger partial charge in [-0.2, -0.15) is 0 Å². The van der Waals surface area contributed by atoms with Crippen LogP contribution in [0.15, 0.2) is 28.5 Å². The van der Waals surface area contributed by atoms with Gasteiger partial charge in [-0.25, -0.2) is 13.6 Å². The number of primary sulfonamides is 1. The van der Waals surface area contributed by atoms with Crippen molar-refractivity contribution in [1.82, 2.24) is 9.59 Å². The number of nitrogens with two attached hydrogens (primary N) is 1.